The molecule has 33 heavy (non-hydrogen) atoms. The van der Waals surface area contributed by atoms with E-state index in [1.165, 1.54) is 19.4 Å². The molecule has 172 valence electrons. The third kappa shape index (κ3) is 4.50. The van der Waals surface area contributed by atoms with E-state index in [1.54, 1.807) is 30.3 Å². The molecule has 1 saturated heterocycles. The Labute approximate surface area is 198 Å². The number of nitrogens with zero attached hydrogens (tertiary/aromatic N) is 1. The third-order valence-electron chi connectivity index (χ3n) is 7.11. The summed E-state index contributed by atoms with van der Waals surface area (Å²) in [7, 11) is 0. The molecule has 3 aromatic rings. The Morgan fingerprint density at radius 1 is 1.09 bits per heavy atom. The number of likely N-dealkylation sites (N-methyl/N-ethyl adjacent to an activating group) is 1. The summed E-state index contributed by atoms with van der Waals surface area (Å²) in [6, 6.07) is 14.2. The smallest absolute Gasteiger partial charge is 0.293 e. The summed E-state index contributed by atoms with van der Waals surface area (Å²) < 4.78 is 5.85. The monoisotopic (exact) mass is 465 g/mol. The highest BCUT2D eigenvalue weighted by Gasteiger charge is 2.51. The number of anilines is 2. The molecule has 1 aliphatic heterocycles. The number of para-hydroxylation sites is 1. The average molecular weight is 466 g/mol. The Morgan fingerprint density at radius 3 is 2.52 bits per heavy atom. The van der Waals surface area contributed by atoms with Gasteiger partial charge in [-0.2, -0.15) is 0 Å². The van der Waals surface area contributed by atoms with Gasteiger partial charge in [-0.15, -0.1) is 0 Å². The molecule has 0 radical (unpaired) electrons. The van der Waals surface area contributed by atoms with Gasteiger partial charge in [0, 0.05) is 34.6 Å². The minimum absolute atomic E-state index is 0.0776. The highest BCUT2D eigenvalue weighted by atomic mass is 35.5. The van der Waals surface area contributed by atoms with Crippen molar-refractivity contribution in [3.8, 4) is 0 Å². The summed E-state index contributed by atoms with van der Waals surface area (Å²) in [4.78, 5) is 28.5. The molecule has 7 heteroatoms. The number of amides is 2. The van der Waals surface area contributed by atoms with Crippen molar-refractivity contribution in [3.63, 3.8) is 0 Å². The molecular weight excluding hydrogens is 438 g/mol. The van der Waals surface area contributed by atoms with Gasteiger partial charge in [-0.3, -0.25) is 14.5 Å². The summed E-state index contributed by atoms with van der Waals surface area (Å²) in [6.45, 7) is 4.53. The quantitative estimate of drug-likeness (QED) is 0.442. The maximum Gasteiger partial charge on any atom is 0.293 e. The Bertz CT molecular complexity index is 1180. The predicted octanol–water partition coefficient (Wildman–Crippen LogP) is 5.93. The highest BCUT2D eigenvalue weighted by molar-refractivity contribution is 6.30. The Morgan fingerprint density at radius 2 is 1.82 bits per heavy atom. The van der Waals surface area contributed by atoms with Crippen molar-refractivity contribution < 1.29 is 14.0 Å². The Balaban J connectivity index is 1.29. The fourth-order valence-electron chi connectivity index (χ4n) is 5.16. The predicted molar refractivity (Wildman–Crippen MR) is 131 cm³/mol. The van der Waals surface area contributed by atoms with Crippen molar-refractivity contribution in [1.29, 1.82) is 0 Å². The largest absolute Gasteiger partial charge is 0.449 e. The summed E-state index contributed by atoms with van der Waals surface area (Å²) >= 11 is 5.93. The number of nitrogens with one attached hydrogen (secondary N) is 2. The third-order valence-corrected chi connectivity index (χ3v) is 7.36. The maximum absolute atomic E-state index is 13.0. The molecule has 1 unspecified atom stereocenters. The first kappa shape index (κ1) is 22.0. The number of carbonyl (C=O) groups excluding carboxylic acids is 2. The first-order valence-corrected chi connectivity index (χ1v) is 12.0. The number of hydrogen-bond donors (Lipinski definition) is 2. The molecule has 2 amide bonds. The van der Waals surface area contributed by atoms with Crippen LogP contribution in [0, 0.1) is 5.92 Å². The van der Waals surface area contributed by atoms with Crippen molar-refractivity contribution >= 4 is 45.8 Å². The average Bonchev–Trinajstić information content (AvgIpc) is 3.38. The van der Waals surface area contributed by atoms with Crippen LogP contribution in [0.5, 0.6) is 0 Å². The Hall–Kier alpha value is -2.83. The first-order valence-electron chi connectivity index (χ1n) is 11.6. The molecule has 2 aliphatic rings. The lowest BCUT2D eigenvalue weighted by molar-refractivity contribution is -0.117. The van der Waals surface area contributed by atoms with Crippen molar-refractivity contribution in [2.45, 2.75) is 44.6 Å². The summed E-state index contributed by atoms with van der Waals surface area (Å²) in [5.41, 5.74) is 1.99. The van der Waals surface area contributed by atoms with Crippen LogP contribution in [0.4, 0.5) is 11.4 Å². The van der Waals surface area contributed by atoms with Gasteiger partial charge in [0.05, 0.1) is 0 Å². The molecule has 5 rings (SSSR count). The molecule has 1 atom stereocenters. The van der Waals surface area contributed by atoms with Crippen LogP contribution >= 0.6 is 11.6 Å². The number of halogens is 1. The van der Waals surface area contributed by atoms with Crippen LogP contribution in [0.3, 0.4) is 0 Å². The molecule has 0 bridgehead atoms. The van der Waals surface area contributed by atoms with Crippen LogP contribution in [0.15, 0.2) is 52.9 Å². The second-order valence-electron chi connectivity index (χ2n) is 9.20. The standard InChI is InChI=1S/C26H28ClN3O3/c1-2-30-16-26(30)13-11-17(12-14-26)15-22(31)29-23-20-5-3-4-6-21(20)33-24(23)25(32)28-19-9-7-18(27)8-10-19/h3-10,17H,2,11-16H2,1H3,(H,28,32)(H,29,31). The van der Waals surface area contributed by atoms with Crippen molar-refractivity contribution in [1.82, 2.24) is 4.90 Å². The maximum atomic E-state index is 13.0. The van der Waals surface area contributed by atoms with E-state index in [9.17, 15) is 9.59 Å². The van der Waals surface area contributed by atoms with E-state index in [0.717, 1.165) is 19.4 Å². The molecule has 2 heterocycles. The first-order chi connectivity index (χ1) is 16.0. The molecule has 1 saturated carbocycles. The second-order valence-corrected chi connectivity index (χ2v) is 9.63. The van der Waals surface area contributed by atoms with E-state index in [-0.39, 0.29) is 11.7 Å². The zero-order chi connectivity index (χ0) is 23.0. The zero-order valence-electron chi connectivity index (χ0n) is 18.7. The molecular formula is C26H28ClN3O3. The van der Waals surface area contributed by atoms with Gasteiger partial charge in [0.1, 0.15) is 11.3 Å². The molecule has 1 aromatic heterocycles. The van der Waals surface area contributed by atoms with Crippen LogP contribution in [-0.4, -0.2) is 35.3 Å². The summed E-state index contributed by atoms with van der Waals surface area (Å²) in [6.07, 6.45) is 4.93. The normalized spacial score (nSPS) is 24.1. The van der Waals surface area contributed by atoms with Gasteiger partial charge >= 0.3 is 0 Å². The van der Waals surface area contributed by atoms with Gasteiger partial charge in [0.15, 0.2) is 0 Å². The minimum Gasteiger partial charge on any atom is -0.449 e. The van der Waals surface area contributed by atoms with E-state index in [1.807, 2.05) is 18.2 Å². The van der Waals surface area contributed by atoms with E-state index in [0.29, 0.717) is 45.2 Å². The van der Waals surface area contributed by atoms with Crippen molar-refractivity contribution in [2.24, 2.45) is 5.92 Å². The number of rotatable bonds is 6. The van der Waals surface area contributed by atoms with E-state index in [2.05, 4.69) is 22.5 Å². The summed E-state index contributed by atoms with van der Waals surface area (Å²) in [5.74, 6) is -0.0267. The van der Waals surface area contributed by atoms with Gasteiger partial charge in [0.2, 0.25) is 11.7 Å². The topological polar surface area (TPSA) is 74.3 Å². The molecule has 1 aliphatic carbocycles. The highest BCUT2D eigenvalue weighted by Crippen LogP contribution is 2.47. The number of hydrogen-bond acceptors (Lipinski definition) is 4. The van der Waals surface area contributed by atoms with Crippen molar-refractivity contribution in [3.05, 3.63) is 59.3 Å². The summed E-state index contributed by atoms with van der Waals surface area (Å²) in [5, 5.41) is 7.11. The second kappa shape index (κ2) is 8.84. The molecule has 2 N–H and O–H groups in total. The number of furan rings is 1. The van der Waals surface area contributed by atoms with E-state index >= 15 is 0 Å². The molecule has 6 nitrogen and oxygen atoms in total. The minimum atomic E-state index is -0.420. The lowest BCUT2D eigenvalue weighted by atomic mass is 9.80. The van der Waals surface area contributed by atoms with Crippen LogP contribution in [0.25, 0.3) is 11.0 Å². The van der Waals surface area contributed by atoms with Gasteiger partial charge in [-0.05, 0) is 74.5 Å². The Kier molecular flexibility index (Phi) is 5.89. The zero-order valence-corrected chi connectivity index (χ0v) is 19.5. The molecule has 2 fully saturated rings. The van der Waals surface area contributed by atoms with Crippen LogP contribution in [-0.2, 0) is 4.79 Å². The van der Waals surface area contributed by atoms with Crippen LogP contribution in [0.1, 0.15) is 49.6 Å². The van der Waals surface area contributed by atoms with E-state index in [4.69, 9.17) is 16.0 Å². The van der Waals surface area contributed by atoms with Crippen LogP contribution in [0.2, 0.25) is 5.02 Å². The van der Waals surface area contributed by atoms with Crippen LogP contribution < -0.4 is 10.6 Å². The van der Waals surface area contributed by atoms with Gasteiger partial charge in [-0.25, -0.2) is 0 Å². The number of carbonyl (C=O) groups is 2. The fraction of sp³-hybridized carbons (Fsp3) is 0.385. The van der Waals surface area contributed by atoms with Gasteiger partial charge < -0.3 is 15.1 Å². The molecule has 2 aromatic carbocycles. The molecule has 1 spiro atoms. The SMILES string of the molecule is CCN1CC12CCC(CC(=O)Nc1c(C(=O)Nc3ccc(Cl)cc3)oc3ccccc13)CC2. The number of fused-ring (bicyclic) bond motifs is 1. The van der Waals surface area contributed by atoms with Crippen molar-refractivity contribution in [2.75, 3.05) is 23.7 Å². The lowest BCUT2D eigenvalue weighted by Gasteiger charge is -2.28. The van der Waals surface area contributed by atoms with Gasteiger partial charge in [0.25, 0.3) is 5.91 Å². The lowest BCUT2D eigenvalue weighted by Crippen LogP contribution is -2.28. The van der Waals surface area contributed by atoms with Gasteiger partial charge in [-0.1, -0.05) is 30.7 Å². The fourth-order valence-corrected chi connectivity index (χ4v) is 5.29. The van der Waals surface area contributed by atoms with E-state index < -0.39 is 5.91 Å². The number of benzene rings is 2.